The van der Waals surface area contributed by atoms with Gasteiger partial charge in [-0.1, -0.05) is 18.2 Å². The van der Waals surface area contributed by atoms with E-state index in [1.807, 2.05) is 62.4 Å². The molecule has 178 valence electrons. The van der Waals surface area contributed by atoms with Crippen molar-refractivity contribution in [3.63, 3.8) is 0 Å². The van der Waals surface area contributed by atoms with E-state index < -0.39 is 0 Å². The summed E-state index contributed by atoms with van der Waals surface area (Å²) in [6.45, 7) is 3.81. The van der Waals surface area contributed by atoms with E-state index in [9.17, 15) is 4.79 Å². The first-order valence-corrected chi connectivity index (χ1v) is 11.3. The zero-order chi connectivity index (χ0) is 24.9. The number of hydrogen-bond donors (Lipinski definition) is 2. The SMILES string of the molecule is COc1cc2nccc(Oc3ccc(NC(=S)NC(=O)c4ccccc4C)c(C)c3)c2cc1OC. The van der Waals surface area contributed by atoms with Crippen LogP contribution in [0.3, 0.4) is 0 Å². The molecule has 2 N–H and O–H groups in total. The standard InChI is InChI=1S/C27H25N3O4S/c1-16-7-5-6-8-19(16)26(31)30-27(35)29-21-10-9-18(13-17(21)2)34-23-11-12-28-22-15-25(33-4)24(32-3)14-20(22)23/h5-15H,1-4H3,(H2,29,30,31,35). The maximum atomic E-state index is 12.5. The lowest BCUT2D eigenvalue weighted by Crippen LogP contribution is -2.34. The number of amides is 1. The van der Waals surface area contributed by atoms with Gasteiger partial charge in [0.2, 0.25) is 0 Å². The van der Waals surface area contributed by atoms with Gasteiger partial charge < -0.3 is 19.5 Å². The third-order valence-corrected chi connectivity index (χ3v) is 5.70. The number of aromatic nitrogens is 1. The number of nitrogens with one attached hydrogen (secondary N) is 2. The Kier molecular flexibility index (Phi) is 7.12. The highest BCUT2D eigenvalue weighted by atomic mass is 32.1. The van der Waals surface area contributed by atoms with Gasteiger partial charge in [0, 0.05) is 28.9 Å². The van der Waals surface area contributed by atoms with Crippen molar-refractivity contribution in [2.45, 2.75) is 13.8 Å². The number of benzene rings is 3. The minimum Gasteiger partial charge on any atom is -0.493 e. The van der Waals surface area contributed by atoms with Crippen LogP contribution >= 0.6 is 12.2 Å². The van der Waals surface area contributed by atoms with E-state index in [0.717, 1.165) is 27.7 Å². The summed E-state index contributed by atoms with van der Waals surface area (Å²) < 4.78 is 17.0. The lowest BCUT2D eigenvalue weighted by molar-refractivity contribution is 0.0977. The number of pyridine rings is 1. The van der Waals surface area contributed by atoms with Crippen LogP contribution in [0.2, 0.25) is 0 Å². The van der Waals surface area contributed by atoms with Gasteiger partial charge in [0.15, 0.2) is 16.6 Å². The molecule has 0 saturated heterocycles. The van der Waals surface area contributed by atoms with E-state index in [4.69, 9.17) is 26.4 Å². The molecule has 0 aliphatic rings. The molecule has 35 heavy (non-hydrogen) atoms. The molecule has 0 spiro atoms. The molecule has 0 aliphatic heterocycles. The zero-order valence-electron chi connectivity index (χ0n) is 19.8. The van der Waals surface area contributed by atoms with Crippen LogP contribution in [-0.2, 0) is 0 Å². The van der Waals surface area contributed by atoms with Crippen LogP contribution in [0, 0.1) is 13.8 Å². The van der Waals surface area contributed by atoms with Crippen molar-refractivity contribution in [1.29, 1.82) is 0 Å². The average Bonchev–Trinajstić information content (AvgIpc) is 2.85. The van der Waals surface area contributed by atoms with E-state index in [2.05, 4.69) is 15.6 Å². The fourth-order valence-electron chi connectivity index (χ4n) is 3.66. The lowest BCUT2D eigenvalue weighted by atomic mass is 10.1. The Balaban J connectivity index is 1.50. The van der Waals surface area contributed by atoms with Crippen LogP contribution in [0.25, 0.3) is 10.9 Å². The van der Waals surface area contributed by atoms with Gasteiger partial charge in [0.25, 0.3) is 5.91 Å². The summed E-state index contributed by atoms with van der Waals surface area (Å²) in [6, 6.07) is 18.4. The van der Waals surface area contributed by atoms with Gasteiger partial charge >= 0.3 is 0 Å². The number of hydrogen-bond acceptors (Lipinski definition) is 6. The second-order valence-corrected chi connectivity index (χ2v) is 8.24. The molecule has 0 aliphatic carbocycles. The van der Waals surface area contributed by atoms with E-state index in [-0.39, 0.29) is 11.0 Å². The Morgan fingerprint density at radius 2 is 1.63 bits per heavy atom. The first kappa shape index (κ1) is 24.0. The molecule has 7 nitrogen and oxygen atoms in total. The molecule has 0 atom stereocenters. The second kappa shape index (κ2) is 10.4. The van der Waals surface area contributed by atoms with E-state index in [0.29, 0.717) is 28.6 Å². The molecule has 4 rings (SSSR count). The summed E-state index contributed by atoms with van der Waals surface area (Å²) in [7, 11) is 3.17. The van der Waals surface area contributed by atoms with E-state index in [1.54, 1.807) is 32.5 Å². The van der Waals surface area contributed by atoms with Crippen LogP contribution in [0.4, 0.5) is 5.69 Å². The smallest absolute Gasteiger partial charge is 0.257 e. The van der Waals surface area contributed by atoms with Crippen LogP contribution in [0.1, 0.15) is 21.5 Å². The molecule has 0 radical (unpaired) electrons. The topological polar surface area (TPSA) is 81.7 Å². The quantitative estimate of drug-likeness (QED) is 0.333. The van der Waals surface area contributed by atoms with Crippen molar-refractivity contribution in [2.75, 3.05) is 19.5 Å². The highest BCUT2D eigenvalue weighted by molar-refractivity contribution is 7.80. The first-order chi connectivity index (χ1) is 16.9. The van der Waals surface area contributed by atoms with Gasteiger partial charge in [0.05, 0.1) is 19.7 Å². The molecule has 0 bridgehead atoms. The van der Waals surface area contributed by atoms with Crippen molar-refractivity contribution < 1.29 is 19.0 Å². The highest BCUT2D eigenvalue weighted by Crippen LogP contribution is 2.37. The van der Waals surface area contributed by atoms with Crippen molar-refractivity contribution in [3.05, 3.63) is 83.6 Å². The lowest BCUT2D eigenvalue weighted by Gasteiger charge is -2.15. The summed E-state index contributed by atoms with van der Waals surface area (Å²) in [4.78, 5) is 16.9. The van der Waals surface area contributed by atoms with Crippen molar-refractivity contribution in [3.8, 4) is 23.0 Å². The number of aryl methyl sites for hydroxylation is 2. The van der Waals surface area contributed by atoms with Gasteiger partial charge in [0.1, 0.15) is 11.5 Å². The second-order valence-electron chi connectivity index (χ2n) is 7.84. The molecule has 0 saturated carbocycles. The third-order valence-electron chi connectivity index (χ3n) is 5.50. The molecule has 1 heterocycles. The van der Waals surface area contributed by atoms with Gasteiger partial charge in [-0.2, -0.15) is 0 Å². The molecule has 1 aromatic heterocycles. The Bertz CT molecular complexity index is 1420. The first-order valence-electron chi connectivity index (χ1n) is 10.9. The monoisotopic (exact) mass is 487 g/mol. The van der Waals surface area contributed by atoms with Gasteiger partial charge in [-0.25, -0.2) is 0 Å². The number of ether oxygens (including phenoxy) is 3. The minimum atomic E-state index is -0.255. The zero-order valence-corrected chi connectivity index (χ0v) is 20.7. The molecule has 1 amide bonds. The summed E-state index contributed by atoms with van der Waals surface area (Å²) >= 11 is 5.35. The van der Waals surface area contributed by atoms with E-state index in [1.165, 1.54) is 0 Å². The number of anilines is 1. The summed E-state index contributed by atoms with van der Waals surface area (Å²) in [5, 5.41) is 6.83. The number of thiocarbonyl (C=S) groups is 1. The molecule has 4 aromatic rings. The van der Waals surface area contributed by atoms with Gasteiger partial charge in [-0.15, -0.1) is 0 Å². The number of nitrogens with zero attached hydrogens (tertiary/aromatic N) is 1. The van der Waals surface area contributed by atoms with Crippen molar-refractivity contribution in [2.24, 2.45) is 0 Å². The summed E-state index contributed by atoms with van der Waals surface area (Å²) in [6.07, 6.45) is 1.68. The Hall–Kier alpha value is -4.17. The molecule has 8 heteroatoms. The maximum Gasteiger partial charge on any atom is 0.257 e. The summed E-state index contributed by atoms with van der Waals surface area (Å²) in [5.74, 6) is 2.22. The van der Waals surface area contributed by atoms with Crippen molar-refractivity contribution >= 4 is 39.8 Å². The Morgan fingerprint density at radius 3 is 2.34 bits per heavy atom. The maximum absolute atomic E-state index is 12.5. The number of fused-ring (bicyclic) bond motifs is 1. The Labute approximate surface area is 209 Å². The molecular weight excluding hydrogens is 462 g/mol. The van der Waals surface area contributed by atoms with E-state index >= 15 is 0 Å². The third kappa shape index (κ3) is 5.33. The fraction of sp³-hybridized carbons (Fsp3) is 0.148. The molecule has 0 fully saturated rings. The number of carbonyl (C=O) groups is 1. The Morgan fingerprint density at radius 1 is 0.886 bits per heavy atom. The predicted octanol–water partition coefficient (Wildman–Crippen LogP) is 5.79. The van der Waals surface area contributed by atoms with Crippen LogP contribution in [-0.4, -0.2) is 30.2 Å². The van der Waals surface area contributed by atoms with Crippen molar-refractivity contribution in [1.82, 2.24) is 10.3 Å². The number of methoxy groups -OCH3 is 2. The average molecular weight is 488 g/mol. The molecular formula is C27H25N3O4S. The number of rotatable bonds is 6. The molecule has 0 unspecified atom stereocenters. The van der Waals surface area contributed by atoms with Crippen LogP contribution < -0.4 is 24.8 Å². The van der Waals surface area contributed by atoms with Crippen LogP contribution in [0.15, 0.2) is 66.9 Å². The largest absolute Gasteiger partial charge is 0.493 e. The minimum absolute atomic E-state index is 0.219. The summed E-state index contributed by atoms with van der Waals surface area (Å²) in [5.41, 5.74) is 3.84. The normalized spacial score (nSPS) is 10.5. The molecule has 3 aromatic carbocycles. The highest BCUT2D eigenvalue weighted by Gasteiger charge is 2.13. The predicted molar refractivity (Wildman–Crippen MR) is 141 cm³/mol. The van der Waals surface area contributed by atoms with Gasteiger partial charge in [-0.3, -0.25) is 15.1 Å². The van der Waals surface area contributed by atoms with Crippen LogP contribution in [0.5, 0.6) is 23.0 Å². The fourth-order valence-corrected chi connectivity index (χ4v) is 3.86. The number of carbonyl (C=O) groups excluding carboxylic acids is 1. The van der Waals surface area contributed by atoms with Gasteiger partial charge in [-0.05, 0) is 73.6 Å².